The van der Waals surface area contributed by atoms with Crippen molar-refractivity contribution in [3.63, 3.8) is 0 Å². The normalized spacial score (nSPS) is 11.3. The number of benzene rings is 2. The number of carbonyl (C=O) groups is 1. The van der Waals surface area contributed by atoms with E-state index in [1.807, 2.05) is 43.3 Å². The first-order valence-corrected chi connectivity index (χ1v) is 7.16. The summed E-state index contributed by atoms with van der Waals surface area (Å²) in [7, 11) is 1.59. The van der Waals surface area contributed by atoms with Gasteiger partial charge in [0.2, 0.25) is 0 Å². The predicted octanol–water partition coefficient (Wildman–Crippen LogP) is 4.39. The van der Waals surface area contributed by atoms with Crippen LogP contribution in [0.3, 0.4) is 0 Å². The number of halogens is 1. The molecule has 0 saturated heterocycles. The minimum Gasteiger partial charge on any atom is -0.496 e. The Labute approximate surface area is 132 Å². The highest BCUT2D eigenvalue weighted by atomic mass is 79.9. The molecule has 2 aromatic rings. The van der Waals surface area contributed by atoms with E-state index in [0.717, 1.165) is 15.6 Å². The lowest BCUT2D eigenvalue weighted by atomic mass is 10.0. The molecule has 2 rings (SSSR count). The van der Waals surface area contributed by atoms with Crippen molar-refractivity contribution < 1.29 is 14.6 Å². The lowest BCUT2D eigenvalue weighted by Crippen LogP contribution is -1.99. The number of methoxy groups -OCH3 is 1. The van der Waals surface area contributed by atoms with E-state index in [1.165, 1.54) is 0 Å². The van der Waals surface area contributed by atoms with Gasteiger partial charge in [-0.1, -0.05) is 35.9 Å². The summed E-state index contributed by atoms with van der Waals surface area (Å²) < 4.78 is 5.95. The second-order valence-electron chi connectivity index (χ2n) is 4.62. The molecule has 4 heteroatoms. The summed E-state index contributed by atoms with van der Waals surface area (Å²) >= 11 is 3.40. The summed E-state index contributed by atoms with van der Waals surface area (Å²) in [6.07, 6.45) is 1.65. The van der Waals surface area contributed by atoms with Crippen LogP contribution in [0.1, 0.15) is 16.7 Å². The van der Waals surface area contributed by atoms with Gasteiger partial charge in [0.25, 0.3) is 0 Å². The quantitative estimate of drug-likeness (QED) is 0.659. The van der Waals surface area contributed by atoms with Gasteiger partial charge in [-0.15, -0.1) is 0 Å². The van der Waals surface area contributed by atoms with Crippen LogP contribution in [-0.4, -0.2) is 18.2 Å². The monoisotopic (exact) mass is 346 g/mol. The number of hydrogen-bond donors (Lipinski definition) is 1. The average Bonchev–Trinajstić information content (AvgIpc) is 2.46. The van der Waals surface area contributed by atoms with Crippen LogP contribution in [0.15, 0.2) is 46.9 Å². The van der Waals surface area contributed by atoms with Crippen LogP contribution in [0.25, 0.3) is 11.6 Å². The lowest BCUT2D eigenvalue weighted by Gasteiger charge is -2.06. The lowest BCUT2D eigenvalue weighted by molar-refractivity contribution is -0.130. The maximum Gasteiger partial charge on any atom is 0.336 e. The van der Waals surface area contributed by atoms with Crippen molar-refractivity contribution in [3.05, 3.63) is 63.6 Å². The van der Waals surface area contributed by atoms with Crippen LogP contribution in [0.5, 0.6) is 5.75 Å². The zero-order valence-electron chi connectivity index (χ0n) is 11.8. The number of carboxylic acid groups (broad SMARTS) is 1. The fourth-order valence-electron chi connectivity index (χ4n) is 1.94. The van der Waals surface area contributed by atoms with E-state index >= 15 is 0 Å². The summed E-state index contributed by atoms with van der Waals surface area (Å²) in [4.78, 5) is 11.5. The molecule has 0 aliphatic heterocycles. The van der Waals surface area contributed by atoms with Crippen LogP contribution in [0, 0.1) is 6.92 Å². The van der Waals surface area contributed by atoms with E-state index in [9.17, 15) is 9.90 Å². The second kappa shape index (κ2) is 6.59. The number of rotatable bonds is 4. The van der Waals surface area contributed by atoms with Gasteiger partial charge in [0.1, 0.15) is 5.75 Å². The van der Waals surface area contributed by atoms with Crippen molar-refractivity contribution in [1.82, 2.24) is 0 Å². The van der Waals surface area contributed by atoms with E-state index in [0.29, 0.717) is 11.3 Å². The maximum absolute atomic E-state index is 11.5. The number of ether oxygens (including phenoxy) is 1. The molecule has 0 amide bonds. The minimum absolute atomic E-state index is 0.257. The van der Waals surface area contributed by atoms with Crippen molar-refractivity contribution in [3.8, 4) is 5.75 Å². The molecular formula is C17H15BrO3. The van der Waals surface area contributed by atoms with Gasteiger partial charge in [-0.05, 0) is 52.2 Å². The summed E-state index contributed by atoms with van der Waals surface area (Å²) in [5.74, 6) is -0.245. The van der Waals surface area contributed by atoms with Gasteiger partial charge in [-0.3, -0.25) is 0 Å². The topological polar surface area (TPSA) is 46.5 Å². The van der Waals surface area contributed by atoms with Crippen LogP contribution >= 0.6 is 15.9 Å². The Hall–Kier alpha value is -2.07. The third-order valence-corrected chi connectivity index (χ3v) is 3.70. The Bertz CT molecular complexity index is 688. The third kappa shape index (κ3) is 3.73. The van der Waals surface area contributed by atoms with Crippen LogP contribution in [-0.2, 0) is 4.79 Å². The zero-order chi connectivity index (χ0) is 15.4. The molecule has 0 fully saturated rings. The Kier molecular flexibility index (Phi) is 4.81. The molecule has 2 aromatic carbocycles. The average molecular weight is 347 g/mol. The van der Waals surface area contributed by atoms with Crippen molar-refractivity contribution >= 4 is 33.5 Å². The first-order valence-electron chi connectivity index (χ1n) is 6.37. The molecule has 0 aliphatic carbocycles. The highest BCUT2D eigenvalue weighted by Gasteiger charge is 2.11. The molecule has 0 atom stereocenters. The number of carboxylic acids is 1. The molecule has 0 aliphatic rings. The molecule has 108 valence electrons. The molecule has 21 heavy (non-hydrogen) atoms. The number of aliphatic carboxylic acids is 1. The highest BCUT2D eigenvalue weighted by Crippen LogP contribution is 2.27. The van der Waals surface area contributed by atoms with Gasteiger partial charge in [0, 0.05) is 0 Å². The van der Waals surface area contributed by atoms with Gasteiger partial charge in [-0.25, -0.2) is 4.79 Å². The molecule has 0 unspecified atom stereocenters. The Morgan fingerprint density at radius 1 is 1.19 bits per heavy atom. The molecule has 0 spiro atoms. The van der Waals surface area contributed by atoms with E-state index in [2.05, 4.69) is 15.9 Å². The van der Waals surface area contributed by atoms with Crippen LogP contribution < -0.4 is 4.74 Å². The van der Waals surface area contributed by atoms with Gasteiger partial charge < -0.3 is 9.84 Å². The largest absolute Gasteiger partial charge is 0.496 e. The molecule has 0 heterocycles. The molecule has 3 nitrogen and oxygen atoms in total. The number of hydrogen-bond acceptors (Lipinski definition) is 2. The van der Waals surface area contributed by atoms with Crippen LogP contribution in [0.2, 0.25) is 0 Å². The predicted molar refractivity (Wildman–Crippen MR) is 87.4 cm³/mol. The van der Waals surface area contributed by atoms with Crippen molar-refractivity contribution in [2.45, 2.75) is 6.92 Å². The van der Waals surface area contributed by atoms with Crippen molar-refractivity contribution in [1.29, 1.82) is 0 Å². The van der Waals surface area contributed by atoms with Crippen molar-refractivity contribution in [2.75, 3.05) is 7.11 Å². The number of aryl methyl sites for hydroxylation is 1. The fraction of sp³-hybridized carbons (Fsp3) is 0.118. The molecule has 0 bridgehead atoms. The van der Waals surface area contributed by atoms with Gasteiger partial charge in [0.15, 0.2) is 0 Å². The summed E-state index contributed by atoms with van der Waals surface area (Å²) in [5.41, 5.74) is 2.82. The Balaban J connectivity index is 2.45. The van der Waals surface area contributed by atoms with E-state index in [-0.39, 0.29) is 5.57 Å². The molecule has 0 radical (unpaired) electrons. The molecular weight excluding hydrogens is 332 g/mol. The molecule has 0 saturated carbocycles. The zero-order valence-corrected chi connectivity index (χ0v) is 13.3. The summed E-state index contributed by atoms with van der Waals surface area (Å²) in [6.45, 7) is 1.97. The van der Waals surface area contributed by atoms with Crippen molar-refractivity contribution in [2.24, 2.45) is 0 Å². The Morgan fingerprint density at radius 2 is 1.86 bits per heavy atom. The van der Waals surface area contributed by atoms with Gasteiger partial charge in [0.05, 0.1) is 17.2 Å². The summed E-state index contributed by atoms with van der Waals surface area (Å²) in [6, 6.07) is 12.9. The van der Waals surface area contributed by atoms with Crippen LogP contribution in [0.4, 0.5) is 0 Å². The minimum atomic E-state index is -0.953. The highest BCUT2D eigenvalue weighted by molar-refractivity contribution is 9.10. The first-order chi connectivity index (χ1) is 10.0. The SMILES string of the molecule is COc1ccc(/C=C(\C(=O)O)c2ccc(C)cc2)cc1Br. The standard InChI is InChI=1S/C17H15BrO3/c1-11-3-6-13(7-4-11)14(17(19)20)9-12-5-8-16(21-2)15(18)10-12/h3-10H,1-2H3,(H,19,20)/b14-9-. The van der Waals surface area contributed by atoms with E-state index in [1.54, 1.807) is 19.3 Å². The second-order valence-corrected chi connectivity index (χ2v) is 5.48. The third-order valence-electron chi connectivity index (χ3n) is 3.08. The molecule has 1 N–H and O–H groups in total. The smallest absolute Gasteiger partial charge is 0.336 e. The van der Waals surface area contributed by atoms with Gasteiger partial charge >= 0.3 is 5.97 Å². The molecule has 0 aromatic heterocycles. The first kappa shape index (κ1) is 15.3. The fourth-order valence-corrected chi connectivity index (χ4v) is 2.50. The Morgan fingerprint density at radius 3 is 2.38 bits per heavy atom. The van der Waals surface area contributed by atoms with E-state index in [4.69, 9.17) is 4.74 Å². The maximum atomic E-state index is 11.5. The summed E-state index contributed by atoms with van der Waals surface area (Å²) in [5, 5.41) is 9.42. The van der Waals surface area contributed by atoms with E-state index < -0.39 is 5.97 Å². The van der Waals surface area contributed by atoms with Gasteiger partial charge in [-0.2, -0.15) is 0 Å².